The van der Waals surface area contributed by atoms with E-state index in [0.29, 0.717) is 5.65 Å². The molecule has 0 unspecified atom stereocenters. The monoisotopic (exact) mass is 294 g/mol. The molecule has 2 rings (SSSR count). The Kier molecular flexibility index (Phi) is 4.21. The first-order valence-corrected chi connectivity index (χ1v) is 6.43. The third kappa shape index (κ3) is 2.73. The fourth-order valence-corrected chi connectivity index (χ4v) is 2.01. The van der Waals surface area contributed by atoms with Crippen LogP contribution >= 0.6 is 0 Å². The van der Waals surface area contributed by atoms with Crippen LogP contribution in [-0.4, -0.2) is 61.2 Å². The van der Waals surface area contributed by atoms with Crippen LogP contribution in [0.25, 0.3) is 5.65 Å². The molecule has 0 saturated carbocycles. The molecule has 0 aliphatic carbocycles. The number of carbonyl (C=O) groups excluding carboxylic acids is 1. The van der Waals surface area contributed by atoms with Crippen molar-refractivity contribution in [3.63, 3.8) is 0 Å². The van der Waals surface area contributed by atoms with Gasteiger partial charge >= 0.3 is 0 Å². The molecule has 0 radical (unpaired) electrons. The molecule has 2 heterocycles. The first-order valence-electron chi connectivity index (χ1n) is 6.43. The Morgan fingerprint density at radius 3 is 2.48 bits per heavy atom. The van der Waals surface area contributed by atoms with Gasteiger partial charge in [0.1, 0.15) is 11.1 Å². The zero-order chi connectivity index (χ0) is 15.6. The number of aliphatic hydroxyl groups is 3. The molecule has 8 heteroatoms. The molecular weight excluding hydrogens is 276 g/mol. The van der Waals surface area contributed by atoms with Crippen LogP contribution in [0, 0.1) is 13.8 Å². The molecule has 0 fully saturated rings. The Morgan fingerprint density at radius 2 is 1.90 bits per heavy atom. The quantitative estimate of drug-likeness (QED) is 0.549. The van der Waals surface area contributed by atoms with Gasteiger partial charge < -0.3 is 20.6 Å². The second-order valence-electron chi connectivity index (χ2n) is 5.04. The zero-order valence-corrected chi connectivity index (χ0v) is 11.9. The number of carbonyl (C=O) groups is 1. The average molecular weight is 294 g/mol. The smallest absolute Gasteiger partial charge is 0.257 e. The number of nitrogens with zero attached hydrogens (tertiary/aromatic N) is 3. The number of hydrogen-bond acceptors (Lipinski definition) is 6. The molecular formula is C13H18N4O4. The van der Waals surface area contributed by atoms with E-state index in [9.17, 15) is 20.1 Å². The Bertz CT molecular complexity index is 655. The zero-order valence-electron chi connectivity index (χ0n) is 11.9. The van der Waals surface area contributed by atoms with Gasteiger partial charge in [0.2, 0.25) is 0 Å². The minimum atomic E-state index is -1.48. The molecule has 2 aromatic heterocycles. The number of aryl methyl sites for hydroxylation is 2. The summed E-state index contributed by atoms with van der Waals surface area (Å²) < 4.78 is 1.53. The van der Waals surface area contributed by atoms with Gasteiger partial charge in [0.15, 0.2) is 5.65 Å². The third-order valence-corrected chi connectivity index (χ3v) is 3.31. The van der Waals surface area contributed by atoms with E-state index in [-0.39, 0.29) is 5.56 Å². The van der Waals surface area contributed by atoms with Crippen molar-refractivity contribution >= 4 is 11.6 Å². The van der Waals surface area contributed by atoms with Gasteiger partial charge in [0, 0.05) is 11.4 Å². The third-order valence-electron chi connectivity index (χ3n) is 3.31. The van der Waals surface area contributed by atoms with Crippen LogP contribution in [-0.2, 0) is 0 Å². The van der Waals surface area contributed by atoms with Crippen molar-refractivity contribution < 1.29 is 20.1 Å². The van der Waals surface area contributed by atoms with Crippen molar-refractivity contribution in [3.8, 4) is 0 Å². The van der Waals surface area contributed by atoms with Gasteiger partial charge in [-0.2, -0.15) is 5.10 Å². The molecule has 8 nitrogen and oxygen atoms in total. The minimum absolute atomic E-state index is 0.210. The van der Waals surface area contributed by atoms with Crippen molar-refractivity contribution in [1.29, 1.82) is 0 Å². The van der Waals surface area contributed by atoms with Crippen LogP contribution in [0.5, 0.6) is 0 Å². The summed E-state index contributed by atoms with van der Waals surface area (Å²) in [6, 6.07) is 1.83. The van der Waals surface area contributed by atoms with E-state index < -0.39 is 31.3 Å². The van der Waals surface area contributed by atoms with Crippen molar-refractivity contribution in [3.05, 3.63) is 29.2 Å². The number of amides is 1. The number of fused-ring (bicyclic) bond motifs is 1. The van der Waals surface area contributed by atoms with E-state index in [1.807, 2.05) is 13.0 Å². The Morgan fingerprint density at radius 1 is 1.29 bits per heavy atom. The van der Waals surface area contributed by atoms with Crippen LogP contribution in [0.15, 0.2) is 12.3 Å². The summed E-state index contributed by atoms with van der Waals surface area (Å²) in [6.45, 7) is 1.89. The summed E-state index contributed by atoms with van der Waals surface area (Å²) in [5.74, 6) is -0.570. The normalized spacial score (nSPS) is 11.9. The van der Waals surface area contributed by atoms with Gasteiger partial charge in [-0.15, -0.1) is 0 Å². The fourth-order valence-electron chi connectivity index (χ4n) is 2.01. The summed E-state index contributed by atoms with van der Waals surface area (Å²) in [5.41, 5.74) is 0.681. The highest BCUT2D eigenvalue weighted by molar-refractivity contribution is 6.00. The van der Waals surface area contributed by atoms with Gasteiger partial charge in [-0.3, -0.25) is 4.79 Å². The van der Waals surface area contributed by atoms with Crippen molar-refractivity contribution in [2.75, 3.05) is 19.8 Å². The number of aliphatic hydroxyl groups excluding tert-OH is 3. The van der Waals surface area contributed by atoms with E-state index in [1.165, 1.54) is 10.7 Å². The highest BCUT2D eigenvalue weighted by Gasteiger charge is 2.31. The fraction of sp³-hybridized carbons (Fsp3) is 0.462. The Labute approximate surface area is 121 Å². The molecule has 0 spiro atoms. The van der Waals surface area contributed by atoms with E-state index >= 15 is 0 Å². The Balaban J connectivity index is 2.40. The maximum Gasteiger partial charge on any atom is 0.257 e. The molecule has 0 aliphatic rings. The van der Waals surface area contributed by atoms with Gasteiger partial charge in [-0.1, -0.05) is 0 Å². The van der Waals surface area contributed by atoms with Crippen LogP contribution in [0.1, 0.15) is 21.7 Å². The maximum atomic E-state index is 12.3. The number of hydrogen-bond donors (Lipinski definition) is 4. The minimum Gasteiger partial charge on any atom is -0.394 e. The van der Waals surface area contributed by atoms with E-state index in [0.717, 1.165) is 11.4 Å². The number of rotatable bonds is 5. The lowest BCUT2D eigenvalue weighted by Crippen LogP contribution is -2.57. The van der Waals surface area contributed by atoms with Crippen LogP contribution in [0.2, 0.25) is 0 Å². The number of nitrogens with one attached hydrogen (secondary N) is 1. The first-order chi connectivity index (χ1) is 9.96. The lowest BCUT2D eigenvalue weighted by Gasteiger charge is -2.28. The molecule has 0 aromatic carbocycles. The summed E-state index contributed by atoms with van der Waals surface area (Å²) in [6.07, 6.45) is 1.36. The predicted molar refractivity (Wildman–Crippen MR) is 73.9 cm³/mol. The summed E-state index contributed by atoms with van der Waals surface area (Å²) in [5, 5.41) is 34.3. The molecule has 0 bridgehead atoms. The largest absolute Gasteiger partial charge is 0.394 e. The topological polar surface area (TPSA) is 120 Å². The van der Waals surface area contributed by atoms with E-state index in [1.54, 1.807) is 6.92 Å². The summed E-state index contributed by atoms with van der Waals surface area (Å²) >= 11 is 0. The molecule has 114 valence electrons. The maximum absolute atomic E-state index is 12.3. The molecule has 1 amide bonds. The van der Waals surface area contributed by atoms with Gasteiger partial charge in [0.05, 0.1) is 26.0 Å². The van der Waals surface area contributed by atoms with Crippen LogP contribution in [0.4, 0.5) is 0 Å². The van der Waals surface area contributed by atoms with Crippen molar-refractivity contribution in [1.82, 2.24) is 19.9 Å². The van der Waals surface area contributed by atoms with Gasteiger partial charge in [-0.05, 0) is 19.9 Å². The van der Waals surface area contributed by atoms with Crippen molar-refractivity contribution in [2.24, 2.45) is 0 Å². The van der Waals surface area contributed by atoms with Gasteiger partial charge in [-0.25, -0.2) is 9.50 Å². The second kappa shape index (κ2) is 5.76. The van der Waals surface area contributed by atoms with E-state index in [4.69, 9.17) is 0 Å². The molecule has 4 N–H and O–H groups in total. The van der Waals surface area contributed by atoms with E-state index in [2.05, 4.69) is 15.4 Å². The van der Waals surface area contributed by atoms with Crippen LogP contribution in [0.3, 0.4) is 0 Å². The lowest BCUT2D eigenvalue weighted by molar-refractivity contribution is 0.0376. The highest BCUT2D eigenvalue weighted by Crippen LogP contribution is 2.13. The lowest BCUT2D eigenvalue weighted by atomic mass is 10.0. The Hall–Kier alpha value is -2.03. The molecule has 0 aliphatic heterocycles. The first kappa shape index (κ1) is 15.4. The standard InChI is InChI=1S/C13H18N4O4/c1-8-3-9(2)17-11(15-8)10(4-14-17)12(21)16-13(5-18,6-19)7-20/h3-4,18-20H,5-7H2,1-2H3,(H,16,21). The van der Waals surface area contributed by atoms with Gasteiger partial charge in [0.25, 0.3) is 5.91 Å². The summed E-state index contributed by atoms with van der Waals surface area (Å²) in [7, 11) is 0. The molecule has 2 aromatic rings. The molecule has 0 atom stereocenters. The second-order valence-corrected chi connectivity index (χ2v) is 5.04. The molecule has 0 saturated heterocycles. The molecule has 21 heavy (non-hydrogen) atoms. The van der Waals surface area contributed by atoms with Crippen molar-refractivity contribution in [2.45, 2.75) is 19.4 Å². The van der Waals surface area contributed by atoms with Crippen LogP contribution < -0.4 is 5.32 Å². The SMILES string of the molecule is Cc1cc(C)n2ncc(C(=O)NC(CO)(CO)CO)c2n1. The highest BCUT2D eigenvalue weighted by atomic mass is 16.3. The summed E-state index contributed by atoms with van der Waals surface area (Å²) in [4.78, 5) is 16.6. The predicted octanol–water partition coefficient (Wildman–Crippen LogP) is -1.21. The average Bonchev–Trinajstić information content (AvgIpc) is 2.89. The number of aromatic nitrogens is 3.